The molecule has 0 aromatic heterocycles. The van der Waals surface area contributed by atoms with Gasteiger partial charge in [0, 0.05) is 0 Å². The lowest BCUT2D eigenvalue weighted by Gasteiger charge is -2.30. The van der Waals surface area contributed by atoms with Crippen molar-refractivity contribution in [3.63, 3.8) is 0 Å². The van der Waals surface area contributed by atoms with Crippen LogP contribution < -0.4 is 10.4 Å². The minimum atomic E-state index is -0.245. The highest BCUT2D eigenvalue weighted by molar-refractivity contribution is 7.65. The molecular weight excluding hydrogens is 177 g/mol. The Morgan fingerprint density at radius 2 is 1.62 bits per heavy atom. The summed E-state index contributed by atoms with van der Waals surface area (Å²) in [6.45, 7) is 6.84. The summed E-state index contributed by atoms with van der Waals surface area (Å²) in [6.07, 6.45) is 0. The van der Waals surface area contributed by atoms with E-state index in [9.17, 15) is 0 Å². The molecule has 1 aromatic carbocycles. The Bertz CT molecular complexity index is 251. The molecule has 13 heavy (non-hydrogen) atoms. The maximum absolute atomic E-state index is 3.42. The highest BCUT2D eigenvalue weighted by Crippen LogP contribution is 2.43. The molecule has 0 aliphatic rings. The first-order valence-corrected chi connectivity index (χ1v) is 5.92. The number of benzene rings is 1. The average Bonchev–Trinajstić information content (AvgIpc) is 2.05. The summed E-state index contributed by atoms with van der Waals surface area (Å²) in [6, 6.07) is 10.7. The van der Waals surface area contributed by atoms with Gasteiger partial charge in [-0.15, -0.1) is 0 Å². The zero-order valence-electron chi connectivity index (χ0n) is 8.83. The summed E-state index contributed by atoms with van der Waals surface area (Å²) in [5.74, 6) is 0. The molecule has 1 unspecified atom stereocenters. The molecular formula is C11H18NP. The monoisotopic (exact) mass is 195 g/mol. The molecule has 0 radical (unpaired) electrons. The van der Waals surface area contributed by atoms with Crippen molar-refractivity contribution in [2.24, 2.45) is 0 Å². The lowest BCUT2D eigenvalue weighted by molar-refractivity contribution is 0.778. The van der Waals surface area contributed by atoms with E-state index in [-0.39, 0.29) is 8.07 Å². The highest BCUT2D eigenvalue weighted by atomic mass is 31.1. The van der Waals surface area contributed by atoms with E-state index in [2.05, 4.69) is 56.2 Å². The van der Waals surface area contributed by atoms with Gasteiger partial charge in [-0.05, 0) is 25.6 Å². The summed E-state index contributed by atoms with van der Waals surface area (Å²) in [4.78, 5) is 0. The zero-order chi connectivity index (χ0) is 9.90. The number of nitrogens with one attached hydrogen (secondary N) is 1. The van der Waals surface area contributed by atoms with Crippen LogP contribution in [0.3, 0.4) is 0 Å². The Labute approximate surface area is 82.4 Å². The van der Waals surface area contributed by atoms with E-state index in [1.807, 2.05) is 7.05 Å². The fourth-order valence-corrected chi connectivity index (χ4v) is 3.60. The Morgan fingerprint density at radius 3 is 2.00 bits per heavy atom. The normalized spacial score (nSPS) is 14.2. The molecule has 0 heterocycles. The van der Waals surface area contributed by atoms with Crippen molar-refractivity contribution in [2.75, 3.05) is 7.05 Å². The summed E-state index contributed by atoms with van der Waals surface area (Å²) in [7, 11) is 1.80. The lowest BCUT2D eigenvalue weighted by atomic mass is 10.3. The minimum Gasteiger partial charge on any atom is -0.295 e. The average molecular weight is 195 g/mol. The van der Waals surface area contributed by atoms with Gasteiger partial charge in [-0.2, -0.15) is 0 Å². The van der Waals surface area contributed by atoms with Crippen LogP contribution in [0.2, 0.25) is 0 Å². The highest BCUT2D eigenvalue weighted by Gasteiger charge is 2.23. The molecule has 0 saturated heterocycles. The first-order valence-electron chi connectivity index (χ1n) is 4.58. The van der Waals surface area contributed by atoms with Gasteiger partial charge in [0.1, 0.15) is 0 Å². The van der Waals surface area contributed by atoms with E-state index >= 15 is 0 Å². The maximum atomic E-state index is 3.42. The zero-order valence-corrected chi connectivity index (χ0v) is 9.73. The van der Waals surface area contributed by atoms with E-state index in [4.69, 9.17) is 0 Å². The van der Waals surface area contributed by atoms with Gasteiger partial charge < -0.3 is 0 Å². The Morgan fingerprint density at radius 1 is 1.08 bits per heavy atom. The Hall–Kier alpha value is -0.390. The predicted octanol–water partition coefficient (Wildman–Crippen LogP) is 2.73. The lowest BCUT2D eigenvalue weighted by Crippen LogP contribution is -2.26. The quantitative estimate of drug-likeness (QED) is 0.715. The van der Waals surface area contributed by atoms with Gasteiger partial charge in [-0.25, -0.2) is 0 Å². The molecule has 1 aromatic rings. The molecule has 0 saturated carbocycles. The molecule has 1 rings (SSSR count). The third kappa shape index (κ3) is 2.79. The SMILES string of the molecule is CNP(c1ccccc1)C(C)(C)C. The Balaban J connectivity index is 2.92. The molecule has 1 nitrogen and oxygen atoms in total. The molecule has 72 valence electrons. The first kappa shape index (κ1) is 10.7. The van der Waals surface area contributed by atoms with Crippen molar-refractivity contribution in [3.8, 4) is 0 Å². The second kappa shape index (κ2) is 4.21. The Kier molecular flexibility index (Phi) is 3.47. The van der Waals surface area contributed by atoms with Crippen LogP contribution in [-0.4, -0.2) is 12.2 Å². The van der Waals surface area contributed by atoms with Gasteiger partial charge in [0.05, 0.1) is 0 Å². The van der Waals surface area contributed by atoms with Crippen molar-refractivity contribution in [2.45, 2.75) is 25.9 Å². The van der Waals surface area contributed by atoms with E-state index in [0.29, 0.717) is 5.16 Å². The fourth-order valence-electron chi connectivity index (χ4n) is 1.43. The maximum Gasteiger partial charge on any atom is -0.000793 e. The second-order valence-corrected chi connectivity index (χ2v) is 7.04. The molecule has 0 fully saturated rings. The van der Waals surface area contributed by atoms with Gasteiger partial charge in [0.2, 0.25) is 0 Å². The van der Waals surface area contributed by atoms with Crippen molar-refractivity contribution in [1.29, 1.82) is 0 Å². The van der Waals surface area contributed by atoms with Crippen molar-refractivity contribution < 1.29 is 0 Å². The van der Waals surface area contributed by atoms with Crippen molar-refractivity contribution in [3.05, 3.63) is 30.3 Å². The van der Waals surface area contributed by atoms with Crippen LogP contribution in [-0.2, 0) is 0 Å². The van der Waals surface area contributed by atoms with E-state index < -0.39 is 0 Å². The smallest absolute Gasteiger partial charge is 0.000793 e. The molecule has 0 spiro atoms. The molecule has 1 atom stereocenters. The van der Waals surface area contributed by atoms with E-state index in [1.54, 1.807) is 0 Å². The minimum absolute atomic E-state index is 0.245. The number of hydrogen-bond acceptors (Lipinski definition) is 1. The molecule has 0 amide bonds. The van der Waals surface area contributed by atoms with Crippen molar-refractivity contribution in [1.82, 2.24) is 5.09 Å². The van der Waals surface area contributed by atoms with Gasteiger partial charge in [-0.1, -0.05) is 51.1 Å². The predicted molar refractivity (Wildman–Crippen MR) is 61.8 cm³/mol. The summed E-state index contributed by atoms with van der Waals surface area (Å²) >= 11 is 0. The van der Waals surface area contributed by atoms with Gasteiger partial charge in [-0.3, -0.25) is 5.09 Å². The third-order valence-corrected chi connectivity index (χ3v) is 4.51. The van der Waals surface area contributed by atoms with Gasteiger partial charge in [0.25, 0.3) is 0 Å². The molecule has 1 N–H and O–H groups in total. The number of rotatable bonds is 2. The van der Waals surface area contributed by atoms with E-state index in [1.165, 1.54) is 5.30 Å². The third-order valence-electron chi connectivity index (χ3n) is 1.91. The number of hydrogen-bond donors (Lipinski definition) is 1. The van der Waals surface area contributed by atoms with Crippen LogP contribution in [0, 0.1) is 0 Å². The van der Waals surface area contributed by atoms with Crippen LogP contribution >= 0.6 is 8.07 Å². The molecule has 2 heteroatoms. The van der Waals surface area contributed by atoms with E-state index in [0.717, 1.165) is 0 Å². The summed E-state index contributed by atoms with van der Waals surface area (Å²) < 4.78 is 0. The van der Waals surface area contributed by atoms with Crippen molar-refractivity contribution >= 4 is 13.4 Å². The second-order valence-electron chi connectivity index (χ2n) is 4.07. The van der Waals surface area contributed by atoms with Crippen LogP contribution in [0.5, 0.6) is 0 Å². The first-order chi connectivity index (χ1) is 6.05. The van der Waals surface area contributed by atoms with Crippen LogP contribution in [0.15, 0.2) is 30.3 Å². The fraction of sp³-hybridized carbons (Fsp3) is 0.455. The molecule has 0 aliphatic heterocycles. The molecule has 0 aliphatic carbocycles. The topological polar surface area (TPSA) is 12.0 Å². The summed E-state index contributed by atoms with van der Waals surface area (Å²) in [5.41, 5.74) is 0. The van der Waals surface area contributed by atoms with Crippen LogP contribution in [0.4, 0.5) is 0 Å². The van der Waals surface area contributed by atoms with Crippen LogP contribution in [0.25, 0.3) is 0 Å². The van der Waals surface area contributed by atoms with Gasteiger partial charge >= 0.3 is 0 Å². The summed E-state index contributed by atoms with van der Waals surface area (Å²) in [5, 5.41) is 5.17. The largest absolute Gasteiger partial charge is 0.295 e. The standard InChI is InChI=1S/C11H18NP/c1-11(2,3)13(12-4)10-8-6-5-7-9-10/h5-9,12H,1-4H3. The van der Waals surface area contributed by atoms with Crippen LogP contribution in [0.1, 0.15) is 20.8 Å². The van der Waals surface area contributed by atoms with Gasteiger partial charge in [0.15, 0.2) is 0 Å². The molecule has 0 bridgehead atoms.